The number of rotatable bonds is 11. The van der Waals surface area contributed by atoms with Gasteiger partial charge in [0.1, 0.15) is 0 Å². The zero-order chi connectivity index (χ0) is 35.2. The highest BCUT2D eigenvalue weighted by molar-refractivity contribution is 6.10. The number of aromatic nitrogens is 1. The Bertz CT molecular complexity index is 1950. The minimum atomic E-state index is -1.36. The Balaban J connectivity index is 1.12. The molecular formula is C38H39N5O7. The molecule has 12 nitrogen and oxygen atoms in total. The lowest BCUT2D eigenvalue weighted by Gasteiger charge is -2.56. The third-order valence-electron chi connectivity index (χ3n) is 10.8. The van der Waals surface area contributed by atoms with Crippen molar-refractivity contribution in [2.24, 2.45) is 23.2 Å². The molecule has 1 atom stereocenters. The van der Waals surface area contributed by atoms with Gasteiger partial charge in [-0.25, -0.2) is 9.59 Å². The number of aromatic amines is 1. The molecule has 0 aliphatic heterocycles. The number of benzene rings is 3. The number of anilines is 2. The minimum Gasteiger partial charge on any atom is -0.478 e. The fourth-order valence-electron chi connectivity index (χ4n) is 8.90. The van der Waals surface area contributed by atoms with Gasteiger partial charge in [-0.1, -0.05) is 12.1 Å². The van der Waals surface area contributed by atoms with Crippen LogP contribution in [0.3, 0.4) is 0 Å². The van der Waals surface area contributed by atoms with E-state index < -0.39 is 29.7 Å². The topological polar surface area (TPSA) is 204 Å². The van der Waals surface area contributed by atoms with Crippen LogP contribution in [0, 0.1) is 23.2 Å². The average molecular weight is 678 g/mol. The number of carbonyl (C=O) groups is 5. The van der Waals surface area contributed by atoms with Crippen LogP contribution >= 0.6 is 0 Å². The summed E-state index contributed by atoms with van der Waals surface area (Å²) in [5.74, 6) is -3.01. The maximum atomic E-state index is 13.9. The summed E-state index contributed by atoms with van der Waals surface area (Å²) in [4.78, 5) is 67.8. The second-order valence-corrected chi connectivity index (χ2v) is 14.4. The molecule has 4 saturated carbocycles. The molecule has 4 aliphatic carbocycles. The minimum absolute atomic E-state index is 0.0324. The number of carbonyl (C=O) groups excluding carboxylic acids is 3. The van der Waals surface area contributed by atoms with Crippen LogP contribution in [0.1, 0.15) is 91.4 Å². The first-order valence-electron chi connectivity index (χ1n) is 16.9. The van der Waals surface area contributed by atoms with Gasteiger partial charge in [-0.05, 0) is 116 Å². The van der Waals surface area contributed by atoms with Crippen molar-refractivity contribution < 1.29 is 34.2 Å². The number of aromatic carboxylic acids is 2. The van der Waals surface area contributed by atoms with E-state index in [-0.39, 0.29) is 45.8 Å². The molecule has 0 radical (unpaired) electrons. The number of nitrogens with two attached hydrogens (primary N) is 1. The molecular weight excluding hydrogens is 638 g/mol. The monoisotopic (exact) mass is 677 g/mol. The molecule has 1 heterocycles. The number of carboxylic acids is 2. The van der Waals surface area contributed by atoms with Crippen LogP contribution in [0.5, 0.6) is 0 Å². The Kier molecular flexibility index (Phi) is 8.54. The highest BCUT2D eigenvalue weighted by Crippen LogP contribution is 2.59. The van der Waals surface area contributed by atoms with Crippen molar-refractivity contribution in [3.8, 4) is 0 Å². The van der Waals surface area contributed by atoms with E-state index in [0.717, 1.165) is 60.6 Å². The van der Waals surface area contributed by atoms with Crippen molar-refractivity contribution in [2.75, 3.05) is 24.1 Å². The summed E-state index contributed by atoms with van der Waals surface area (Å²) in [5.41, 5.74) is 7.39. The van der Waals surface area contributed by atoms with Crippen molar-refractivity contribution in [1.29, 1.82) is 0 Å². The summed E-state index contributed by atoms with van der Waals surface area (Å²) >= 11 is 0. The number of amides is 3. The normalized spacial score (nSPS) is 22.5. The first-order valence-corrected chi connectivity index (χ1v) is 16.9. The SMILES string of the molecule is Nc1ccc(C(CNC(=O)c2cc3cc[nH]c3cc2C(=O)NCC23CC4CC(CC(C4)C2)C3)C(=O)Nc2cc(C(=O)O)cc(C(=O)O)c2)cc1. The fraction of sp³-hybridized carbons (Fsp3) is 0.342. The predicted molar refractivity (Wildman–Crippen MR) is 186 cm³/mol. The zero-order valence-corrected chi connectivity index (χ0v) is 27.3. The van der Waals surface area contributed by atoms with Crippen LogP contribution in [-0.4, -0.2) is 57.9 Å². The molecule has 12 heteroatoms. The number of hydrogen-bond donors (Lipinski definition) is 7. The Morgan fingerprint density at radius 2 is 1.36 bits per heavy atom. The van der Waals surface area contributed by atoms with Gasteiger partial charge in [0.2, 0.25) is 5.91 Å². The number of nitrogen functional groups attached to an aromatic ring is 1. The third kappa shape index (κ3) is 6.65. The molecule has 1 aromatic heterocycles. The van der Waals surface area contributed by atoms with Crippen LogP contribution in [0.15, 0.2) is 66.9 Å². The van der Waals surface area contributed by atoms with E-state index >= 15 is 0 Å². The Labute approximate surface area is 287 Å². The summed E-state index contributed by atoms with van der Waals surface area (Å²) in [5, 5.41) is 28.3. The second-order valence-electron chi connectivity index (χ2n) is 14.4. The average Bonchev–Trinajstić information content (AvgIpc) is 3.54. The Morgan fingerprint density at radius 3 is 1.96 bits per heavy atom. The lowest BCUT2D eigenvalue weighted by Crippen LogP contribution is -2.51. The highest BCUT2D eigenvalue weighted by atomic mass is 16.4. The standard InChI is InChI=1S/C38H39N5O7/c39-27-3-1-23(2-4-27)31(35(46)43-28-11-25(36(47)48)10-26(12-28)37(49)50)18-41-33(44)29-13-24-5-6-40-32(24)14-30(29)34(45)42-19-38-15-20-7-21(16-38)9-22(8-20)17-38/h1-6,10-14,20-22,31,40H,7-9,15-19,39H2,(H,41,44)(H,42,45)(H,43,46)(H,47,48)(H,49,50). The van der Waals surface area contributed by atoms with Gasteiger partial charge in [-0.15, -0.1) is 0 Å². The molecule has 50 heavy (non-hydrogen) atoms. The highest BCUT2D eigenvalue weighted by Gasteiger charge is 2.50. The molecule has 3 amide bonds. The van der Waals surface area contributed by atoms with E-state index in [4.69, 9.17) is 5.73 Å². The van der Waals surface area contributed by atoms with Crippen LogP contribution in [0.4, 0.5) is 11.4 Å². The fourth-order valence-corrected chi connectivity index (χ4v) is 8.90. The molecule has 1 unspecified atom stereocenters. The number of fused-ring (bicyclic) bond motifs is 1. The van der Waals surface area contributed by atoms with Gasteiger partial charge in [-0.2, -0.15) is 0 Å². The quantitative estimate of drug-likeness (QED) is 0.104. The van der Waals surface area contributed by atoms with E-state index in [9.17, 15) is 34.2 Å². The Hall–Kier alpha value is -5.65. The zero-order valence-electron chi connectivity index (χ0n) is 27.3. The van der Waals surface area contributed by atoms with Crippen molar-refractivity contribution in [3.05, 3.63) is 94.7 Å². The molecule has 0 saturated heterocycles. The maximum absolute atomic E-state index is 13.9. The number of nitrogens with one attached hydrogen (secondary N) is 4. The summed E-state index contributed by atoms with van der Waals surface area (Å²) in [6.07, 6.45) is 9.04. The summed E-state index contributed by atoms with van der Waals surface area (Å²) in [6.45, 7) is 0.379. The van der Waals surface area contributed by atoms with Crippen LogP contribution in [-0.2, 0) is 4.79 Å². The van der Waals surface area contributed by atoms with Gasteiger partial charge in [0.25, 0.3) is 11.8 Å². The second kappa shape index (κ2) is 13.0. The van der Waals surface area contributed by atoms with Crippen molar-refractivity contribution in [3.63, 3.8) is 0 Å². The van der Waals surface area contributed by atoms with E-state index in [0.29, 0.717) is 23.3 Å². The van der Waals surface area contributed by atoms with Crippen molar-refractivity contribution >= 4 is 51.9 Å². The molecule has 8 N–H and O–H groups in total. The number of H-pyrrole nitrogens is 1. The maximum Gasteiger partial charge on any atom is 0.335 e. The third-order valence-corrected chi connectivity index (χ3v) is 10.8. The van der Waals surface area contributed by atoms with Crippen LogP contribution in [0.2, 0.25) is 0 Å². The molecule has 3 aromatic carbocycles. The molecule has 258 valence electrons. The first-order chi connectivity index (χ1) is 23.9. The predicted octanol–water partition coefficient (Wildman–Crippen LogP) is 5.25. The van der Waals surface area contributed by atoms with Crippen LogP contribution < -0.4 is 21.7 Å². The first kappa shape index (κ1) is 32.9. The number of hydrogen-bond acceptors (Lipinski definition) is 6. The largest absolute Gasteiger partial charge is 0.478 e. The smallest absolute Gasteiger partial charge is 0.335 e. The van der Waals surface area contributed by atoms with E-state index in [1.165, 1.54) is 19.3 Å². The van der Waals surface area contributed by atoms with E-state index in [2.05, 4.69) is 20.9 Å². The molecule has 8 rings (SSSR count). The van der Waals surface area contributed by atoms with Crippen molar-refractivity contribution in [1.82, 2.24) is 15.6 Å². The molecule has 0 spiro atoms. The van der Waals surface area contributed by atoms with Gasteiger partial charge >= 0.3 is 11.9 Å². The molecule has 4 aliphatic rings. The van der Waals surface area contributed by atoms with Crippen molar-refractivity contribution in [2.45, 2.75) is 44.4 Å². The van der Waals surface area contributed by atoms with Gasteiger partial charge in [0.15, 0.2) is 0 Å². The summed E-state index contributed by atoms with van der Waals surface area (Å²) < 4.78 is 0. The van der Waals surface area contributed by atoms with E-state index in [1.807, 2.05) is 6.07 Å². The molecule has 4 fully saturated rings. The lowest BCUT2D eigenvalue weighted by molar-refractivity contribution is -0.117. The summed E-state index contributed by atoms with van der Waals surface area (Å²) in [6, 6.07) is 14.9. The lowest BCUT2D eigenvalue weighted by atomic mass is 9.49. The molecule has 4 aromatic rings. The number of carboxylic acid groups (broad SMARTS) is 2. The van der Waals surface area contributed by atoms with Gasteiger partial charge in [0, 0.05) is 41.6 Å². The van der Waals surface area contributed by atoms with Crippen LogP contribution in [0.25, 0.3) is 10.9 Å². The summed E-state index contributed by atoms with van der Waals surface area (Å²) in [7, 11) is 0. The molecule has 4 bridgehead atoms. The van der Waals surface area contributed by atoms with E-state index in [1.54, 1.807) is 42.6 Å². The Morgan fingerprint density at radius 1 is 0.780 bits per heavy atom. The van der Waals surface area contributed by atoms with Gasteiger partial charge in [-0.3, -0.25) is 14.4 Å². The van der Waals surface area contributed by atoms with Gasteiger partial charge < -0.3 is 36.9 Å². The van der Waals surface area contributed by atoms with Gasteiger partial charge in [0.05, 0.1) is 28.2 Å².